The van der Waals surface area contributed by atoms with Gasteiger partial charge in [0, 0.05) is 25.5 Å². The molecule has 0 unspecified atom stereocenters. The molecule has 0 N–H and O–H groups in total. The Bertz CT molecular complexity index is 386. The second kappa shape index (κ2) is 4.82. The minimum atomic E-state index is 0.414. The zero-order chi connectivity index (χ0) is 12.3. The molecular weight excluding hydrogens is 214 g/mol. The van der Waals surface area contributed by atoms with Gasteiger partial charge in [0.05, 0.1) is 5.56 Å². The molecule has 1 saturated heterocycles. The van der Waals surface area contributed by atoms with Crippen molar-refractivity contribution in [1.29, 1.82) is 0 Å². The molecule has 17 heavy (non-hydrogen) atoms. The lowest BCUT2D eigenvalue weighted by Gasteiger charge is -2.23. The predicted octanol–water partition coefficient (Wildman–Crippen LogP) is 2.31. The van der Waals surface area contributed by atoms with Crippen LogP contribution in [-0.2, 0) is 0 Å². The number of hydrogen-bond acceptors (Lipinski definition) is 4. The van der Waals surface area contributed by atoms with E-state index >= 15 is 0 Å². The van der Waals surface area contributed by atoms with Gasteiger partial charge in [-0.2, -0.15) is 0 Å². The molecule has 0 saturated carbocycles. The van der Waals surface area contributed by atoms with Crippen molar-refractivity contribution in [1.82, 2.24) is 9.97 Å². The quantitative estimate of drug-likeness (QED) is 0.735. The number of carbonyl (C=O) groups is 1. The maximum atomic E-state index is 10.5. The SMILES string of the molecule is CC1(C)CCCN(c2ncc(C=O)cn2)CC1. The second-order valence-corrected chi connectivity index (χ2v) is 5.44. The van der Waals surface area contributed by atoms with Crippen LogP contribution >= 0.6 is 0 Å². The van der Waals surface area contributed by atoms with E-state index in [0.29, 0.717) is 11.0 Å². The summed E-state index contributed by atoms with van der Waals surface area (Å²) in [5, 5.41) is 0. The summed E-state index contributed by atoms with van der Waals surface area (Å²) in [7, 11) is 0. The van der Waals surface area contributed by atoms with Crippen molar-refractivity contribution in [2.75, 3.05) is 18.0 Å². The van der Waals surface area contributed by atoms with Crippen LogP contribution in [0.4, 0.5) is 5.95 Å². The lowest BCUT2D eigenvalue weighted by atomic mass is 9.85. The van der Waals surface area contributed by atoms with E-state index in [9.17, 15) is 4.79 Å². The predicted molar refractivity (Wildman–Crippen MR) is 67.3 cm³/mol. The number of aldehydes is 1. The van der Waals surface area contributed by atoms with Gasteiger partial charge < -0.3 is 4.90 Å². The number of nitrogens with zero attached hydrogens (tertiary/aromatic N) is 3. The zero-order valence-electron chi connectivity index (χ0n) is 10.5. The Balaban J connectivity index is 2.08. The van der Waals surface area contributed by atoms with Gasteiger partial charge in [0.15, 0.2) is 6.29 Å². The minimum Gasteiger partial charge on any atom is -0.341 e. The number of rotatable bonds is 2. The first kappa shape index (κ1) is 12.0. The maximum absolute atomic E-state index is 10.5. The van der Waals surface area contributed by atoms with Crippen molar-refractivity contribution in [3.63, 3.8) is 0 Å². The fourth-order valence-electron chi connectivity index (χ4n) is 2.18. The minimum absolute atomic E-state index is 0.414. The van der Waals surface area contributed by atoms with Crippen molar-refractivity contribution in [2.24, 2.45) is 5.41 Å². The Kier molecular flexibility index (Phi) is 3.41. The Morgan fingerprint density at radius 1 is 1.24 bits per heavy atom. The molecule has 2 rings (SSSR count). The highest BCUT2D eigenvalue weighted by molar-refractivity contribution is 5.73. The standard InChI is InChI=1S/C13H19N3O/c1-13(2)4-3-6-16(7-5-13)12-14-8-11(10-17)9-15-12/h8-10H,3-7H2,1-2H3. The molecule has 0 bridgehead atoms. The summed E-state index contributed by atoms with van der Waals surface area (Å²) in [6, 6.07) is 0. The highest BCUT2D eigenvalue weighted by Crippen LogP contribution is 2.30. The van der Waals surface area contributed by atoms with E-state index in [2.05, 4.69) is 28.7 Å². The Hall–Kier alpha value is -1.45. The highest BCUT2D eigenvalue weighted by Gasteiger charge is 2.23. The van der Waals surface area contributed by atoms with E-state index in [1.54, 1.807) is 12.4 Å². The molecule has 1 fully saturated rings. The average Bonchev–Trinajstić information content (AvgIpc) is 2.50. The smallest absolute Gasteiger partial charge is 0.225 e. The Labute approximate surface area is 102 Å². The summed E-state index contributed by atoms with van der Waals surface area (Å²) in [5.41, 5.74) is 0.946. The van der Waals surface area contributed by atoms with Gasteiger partial charge in [-0.15, -0.1) is 0 Å². The molecule has 0 aliphatic carbocycles. The first-order valence-corrected chi connectivity index (χ1v) is 6.13. The van der Waals surface area contributed by atoms with Crippen molar-refractivity contribution in [2.45, 2.75) is 33.1 Å². The van der Waals surface area contributed by atoms with Gasteiger partial charge in [-0.1, -0.05) is 13.8 Å². The lowest BCUT2D eigenvalue weighted by molar-refractivity contribution is 0.112. The summed E-state index contributed by atoms with van der Waals surface area (Å²) in [4.78, 5) is 21.2. The molecule has 1 aromatic rings. The molecule has 4 nitrogen and oxygen atoms in total. The highest BCUT2D eigenvalue weighted by atomic mass is 16.1. The van der Waals surface area contributed by atoms with E-state index in [-0.39, 0.29) is 0 Å². The number of anilines is 1. The summed E-state index contributed by atoms with van der Waals surface area (Å²) in [5.74, 6) is 0.744. The molecular formula is C13H19N3O. The van der Waals surface area contributed by atoms with Crippen LogP contribution < -0.4 is 4.90 Å². The molecule has 0 spiro atoms. The van der Waals surface area contributed by atoms with Crippen LogP contribution in [0.3, 0.4) is 0 Å². The van der Waals surface area contributed by atoms with E-state index < -0.39 is 0 Å². The van der Waals surface area contributed by atoms with Gasteiger partial charge in [0.2, 0.25) is 5.95 Å². The van der Waals surface area contributed by atoms with Crippen LogP contribution in [0.25, 0.3) is 0 Å². The Morgan fingerprint density at radius 2 is 1.94 bits per heavy atom. The third kappa shape index (κ3) is 3.02. The first-order chi connectivity index (χ1) is 8.11. The summed E-state index contributed by atoms with van der Waals surface area (Å²) in [6.07, 6.45) is 7.53. The summed E-state index contributed by atoms with van der Waals surface area (Å²) < 4.78 is 0. The molecule has 2 heterocycles. The van der Waals surface area contributed by atoms with Crippen molar-refractivity contribution in [3.05, 3.63) is 18.0 Å². The van der Waals surface area contributed by atoms with Crippen LogP contribution in [0.15, 0.2) is 12.4 Å². The van der Waals surface area contributed by atoms with Crippen LogP contribution in [-0.4, -0.2) is 29.3 Å². The molecule has 4 heteroatoms. The average molecular weight is 233 g/mol. The van der Waals surface area contributed by atoms with E-state index in [1.165, 1.54) is 12.8 Å². The van der Waals surface area contributed by atoms with Crippen LogP contribution in [0.2, 0.25) is 0 Å². The first-order valence-electron chi connectivity index (χ1n) is 6.13. The molecule has 1 aromatic heterocycles. The van der Waals surface area contributed by atoms with Crippen LogP contribution in [0.5, 0.6) is 0 Å². The van der Waals surface area contributed by atoms with Gasteiger partial charge in [0.1, 0.15) is 0 Å². The van der Waals surface area contributed by atoms with Gasteiger partial charge in [0.25, 0.3) is 0 Å². The number of hydrogen-bond donors (Lipinski definition) is 0. The molecule has 0 aromatic carbocycles. The lowest BCUT2D eigenvalue weighted by Crippen LogP contribution is -2.26. The van der Waals surface area contributed by atoms with E-state index in [1.807, 2.05) is 0 Å². The Morgan fingerprint density at radius 3 is 2.59 bits per heavy atom. The normalized spacial score (nSPS) is 19.8. The second-order valence-electron chi connectivity index (χ2n) is 5.44. The van der Waals surface area contributed by atoms with Crippen molar-refractivity contribution >= 4 is 12.2 Å². The van der Waals surface area contributed by atoms with Gasteiger partial charge >= 0.3 is 0 Å². The van der Waals surface area contributed by atoms with E-state index in [0.717, 1.165) is 31.7 Å². The third-order valence-electron chi connectivity index (χ3n) is 3.42. The topological polar surface area (TPSA) is 46.1 Å². The monoisotopic (exact) mass is 233 g/mol. The summed E-state index contributed by atoms with van der Waals surface area (Å²) >= 11 is 0. The van der Waals surface area contributed by atoms with Gasteiger partial charge in [-0.05, 0) is 24.7 Å². The van der Waals surface area contributed by atoms with Crippen LogP contribution in [0, 0.1) is 5.41 Å². The van der Waals surface area contributed by atoms with Gasteiger partial charge in [-0.3, -0.25) is 4.79 Å². The maximum Gasteiger partial charge on any atom is 0.225 e. The fraction of sp³-hybridized carbons (Fsp3) is 0.615. The molecule has 0 amide bonds. The number of carbonyl (C=O) groups excluding carboxylic acids is 1. The van der Waals surface area contributed by atoms with Crippen molar-refractivity contribution in [3.8, 4) is 0 Å². The molecule has 1 aliphatic heterocycles. The van der Waals surface area contributed by atoms with E-state index in [4.69, 9.17) is 0 Å². The largest absolute Gasteiger partial charge is 0.341 e. The fourth-order valence-corrected chi connectivity index (χ4v) is 2.18. The molecule has 0 radical (unpaired) electrons. The van der Waals surface area contributed by atoms with Crippen molar-refractivity contribution < 1.29 is 4.79 Å². The summed E-state index contributed by atoms with van der Waals surface area (Å²) in [6.45, 7) is 6.62. The molecule has 92 valence electrons. The molecule has 0 atom stereocenters. The zero-order valence-corrected chi connectivity index (χ0v) is 10.5. The molecule has 1 aliphatic rings. The third-order valence-corrected chi connectivity index (χ3v) is 3.42. The van der Waals surface area contributed by atoms with Gasteiger partial charge in [-0.25, -0.2) is 9.97 Å². The van der Waals surface area contributed by atoms with Crippen LogP contribution in [0.1, 0.15) is 43.5 Å². The number of aromatic nitrogens is 2.